The lowest BCUT2D eigenvalue weighted by molar-refractivity contribution is 0.0697. The van der Waals surface area contributed by atoms with E-state index in [1.165, 1.54) is 12.1 Å². The van der Waals surface area contributed by atoms with Gasteiger partial charge < -0.3 is 5.11 Å². The molecule has 1 N–H and O–H groups in total. The van der Waals surface area contributed by atoms with E-state index in [1.54, 1.807) is 13.0 Å². The molecule has 0 aromatic heterocycles. The molecule has 0 saturated carbocycles. The van der Waals surface area contributed by atoms with Crippen molar-refractivity contribution in [3.8, 4) is 11.1 Å². The largest absolute Gasteiger partial charge is 0.478 e. The number of carboxylic acid groups (broad SMARTS) is 1. The zero-order valence-electron chi connectivity index (χ0n) is 9.58. The third-order valence-electron chi connectivity index (χ3n) is 2.62. The maximum absolute atomic E-state index is 13.7. The smallest absolute Gasteiger partial charge is 0.336 e. The maximum atomic E-state index is 13.7. The summed E-state index contributed by atoms with van der Waals surface area (Å²) >= 11 is 0. The Hall–Kier alpha value is -2.23. The number of hydrogen-bond donors (Lipinski definition) is 1. The SMILES string of the molecule is Cc1ccc(C(=O)O)c(-c2cc(F)ccc2F)c1. The highest BCUT2D eigenvalue weighted by atomic mass is 19.1. The Kier molecular flexibility index (Phi) is 3.10. The lowest BCUT2D eigenvalue weighted by Crippen LogP contribution is -2.01. The van der Waals surface area contributed by atoms with Crippen molar-refractivity contribution in [3.63, 3.8) is 0 Å². The predicted molar refractivity (Wildman–Crippen MR) is 63.5 cm³/mol. The molecule has 0 heterocycles. The number of benzene rings is 2. The highest BCUT2D eigenvalue weighted by Gasteiger charge is 2.15. The van der Waals surface area contributed by atoms with Gasteiger partial charge in [-0.25, -0.2) is 13.6 Å². The van der Waals surface area contributed by atoms with E-state index in [0.717, 1.165) is 23.8 Å². The zero-order chi connectivity index (χ0) is 13.3. The standard InChI is InChI=1S/C14H10F2O2/c1-8-2-4-10(14(17)18)11(6-8)12-7-9(15)3-5-13(12)16/h2-7H,1H3,(H,17,18). The summed E-state index contributed by atoms with van der Waals surface area (Å²) in [5.74, 6) is -2.43. The van der Waals surface area contributed by atoms with Crippen molar-refractivity contribution >= 4 is 5.97 Å². The van der Waals surface area contributed by atoms with E-state index in [-0.39, 0.29) is 16.7 Å². The summed E-state index contributed by atoms with van der Waals surface area (Å²) in [6.07, 6.45) is 0. The number of rotatable bonds is 2. The van der Waals surface area contributed by atoms with Crippen molar-refractivity contribution in [1.82, 2.24) is 0 Å². The molecule has 0 fully saturated rings. The molecular formula is C14H10F2O2. The molecule has 0 bridgehead atoms. The van der Waals surface area contributed by atoms with Crippen LogP contribution in [-0.4, -0.2) is 11.1 Å². The van der Waals surface area contributed by atoms with Crippen molar-refractivity contribution in [3.05, 3.63) is 59.2 Å². The summed E-state index contributed by atoms with van der Waals surface area (Å²) in [7, 11) is 0. The number of aromatic carboxylic acids is 1. The third kappa shape index (κ3) is 2.22. The normalized spacial score (nSPS) is 10.4. The Morgan fingerprint density at radius 2 is 1.78 bits per heavy atom. The van der Waals surface area contributed by atoms with Crippen LogP contribution in [0.3, 0.4) is 0 Å². The first-order valence-electron chi connectivity index (χ1n) is 5.28. The van der Waals surface area contributed by atoms with Gasteiger partial charge in [-0.05, 0) is 36.8 Å². The summed E-state index contributed by atoms with van der Waals surface area (Å²) < 4.78 is 26.8. The molecule has 0 atom stereocenters. The highest BCUT2D eigenvalue weighted by molar-refractivity contribution is 5.96. The van der Waals surface area contributed by atoms with Crippen molar-refractivity contribution in [2.75, 3.05) is 0 Å². The number of carboxylic acids is 1. The first kappa shape index (κ1) is 12.2. The van der Waals surface area contributed by atoms with E-state index < -0.39 is 17.6 Å². The highest BCUT2D eigenvalue weighted by Crippen LogP contribution is 2.28. The molecule has 0 amide bonds. The van der Waals surface area contributed by atoms with Gasteiger partial charge in [-0.1, -0.05) is 17.7 Å². The number of halogens is 2. The average molecular weight is 248 g/mol. The molecule has 0 saturated heterocycles. The summed E-state index contributed by atoms with van der Waals surface area (Å²) in [5, 5.41) is 9.06. The fourth-order valence-corrected chi connectivity index (χ4v) is 1.77. The minimum Gasteiger partial charge on any atom is -0.478 e. The molecule has 18 heavy (non-hydrogen) atoms. The summed E-state index contributed by atoms with van der Waals surface area (Å²) in [4.78, 5) is 11.1. The molecular weight excluding hydrogens is 238 g/mol. The fourth-order valence-electron chi connectivity index (χ4n) is 1.77. The van der Waals surface area contributed by atoms with Crippen molar-refractivity contribution in [2.24, 2.45) is 0 Å². The van der Waals surface area contributed by atoms with E-state index in [1.807, 2.05) is 0 Å². The van der Waals surface area contributed by atoms with Crippen LogP contribution in [0.2, 0.25) is 0 Å². The van der Waals surface area contributed by atoms with Gasteiger partial charge in [0.05, 0.1) is 5.56 Å². The molecule has 2 aromatic carbocycles. The summed E-state index contributed by atoms with van der Waals surface area (Å²) in [5.41, 5.74) is 0.861. The molecule has 0 aliphatic heterocycles. The lowest BCUT2D eigenvalue weighted by atomic mass is 9.97. The Balaban J connectivity index is 2.73. The van der Waals surface area contributed by atoms with E-state index >= 15 is 0 Å². The van der Waals surface area contributed by atoms with Crippen LogP contribution in [-0.2, 0) is 0 Å². The zero-order valence-corrected chi connectivity index (χ0v) is 9.58. The molecule has 92 valence electrons. The van der Waals surface area contributed by atoms with Gasteiger partial charge in [-0.2, -0.15) is 0 Å². The average Bonchev–Trinajstić information content (AvgIpc) is 2.31. The van der Waals surface area contributed by atoms with Crippen LogP contribution in [0.15, 0.2) is 36.4 Å². The van der Waals surface area contributed by atoms with Gasteiger partial charge in [0.1, 0.15) is 11.6 Å². The van der Waals surface area contributed by atoms with Gasteiger partial charge in [0.25, 0.3) is 0 Å². The molecule has 2 nitrogen and oxygen atoms in total. The van der Waals surface area contributed by atoms with E-state index in [9.17, 15) is 13.6 Å². The van der Waals surface area contributed by atoms with Gasteiger partial charge in [0, 0.05) is 5.56 Å². The second kappa shape index (κ2) is 4.56. The van der Waals surface area contributed by atoms with E-state index in [2.05, 4.69) is 0 Å². The van der Waals surface area contributed by atoms with Gasteiger partial charge >= 0.3 is 5.97 Å². The summed E-state index contributed by atoms with van der Waals surface area (Å²) in [6, 6.07) is 7.51. The van der Waals surface area contributed by atoms with Crippen molar-refractivity contribution < 1.29 is 18.7 Å². The fraction of sp³-hybridized carbons (Fsp3) is 0.0714. The molecule has 4 heteroatoms. The van der Waals surface area contributed by atoms with Crippen LogP contribution < -0.4 is 0 Å². The van der Waals surface area contributed by atoms with Crippen molar-refractivity contribution in [1.29, 1.82) is 0 Å². The molecule has 0 radical (unpaired) electrons. The second-order valence-electron chi connectivity index (χ2n) is 3.98. The minimum atomic E-state index is -1.17. The molecule has 0 spiro atoms. The molecule has 0 aliphatic carbocycles. The van der Waals surface area contributed by atoms with Crippen LogP contribution in [0.5, 0.6) is 0 Å². The first-order chi connectivity index (χ1) is 8.49. The van der Waals surface area contributed by atoms with E-state index in [0.29, 0.717) is 0 Å². The Labute approximate surface area is 103 Å². The van der Waals surface area contributed by atoms with Gasteiger partial charge in [0.15, 0.2) is 0 Å². The first-order valence-corrected chi connectivity index (χ1v) is 5.28. The Bertz CT molecular complexity index is 621. The van der Waals surface area contributed by atoms with E-state index in [4.69, 9.17) is 5.11 Å². The molecule has 2 aromatic rings. The topological polar surface area (TPSA) is 37.3 Å². The summed E-state index contributed by atoms with van der Waals surface area (Å²) in [6.45, 7) is 1.76. The second-order valence-corrected chi connectivity index (χ2v) is 3.98. The van der Waals surface area contributed by atoms with Gasteiger partial charge in [-0.15, -0.1) is 0 Å². The Morgan fingerprint density at radius 3 is 2.44 bits per heavy atom. The monoisotopic (exact) mass is 248 g/mol. The molecule has 0 aliphatic rings. The number of aryl methyl sites for hydroxylation is 1. The Morgan fingerprint density at radius 1 is 1.06 bits per heavy atom. The molecule has 0 unspecified atom stereocenters. The van der Waals surface area contributed by atoms with Crippen LogP contribution in [0, 0.1) is 18.6 Å². The predicted octanol–water partition coefficient (Wildman–Crippen LogP) is 3.64. The number of hydrogen-bond acceptors (Lipinski definition) is 1. The minimum absolute atomic E-state index is 0.0453. The van der Waals surface area contributed by atoms with Crippen LogP contribution in [0.1, 0.15) is 15.9 Å². The quantitative estimate of drug-likeness (QED) is 0.880. The third-order valence-corrected chi connectivity index (χ3v) is 2.62. The lowest BCUT2D eigenvalue weighted by Gasteiger charge is -2.09. The van der Waals surface area contributed by atoms with Crippen molar-refractivity contribution in [2.45, 2.75) is 6.92 Å². The molecule has 2 rings (SSSR count). The van der Waals surface area contributed by atoms with Crippen LogP contribution in [0.4, 0.5) is 8.78 Å². The number of carbonyl (C=O) groups is 1. The maximum Gasteiger partial charge on any atom is 0.336 e. The van der Waals surface area contributed by atoms with Crippen LogP contribution in [0.25, 0.3) is 11.1 Å². The van der Waals surface area contributed by atoms with Gasteiger partial charge in [-0.3, -0.25) is 0 Å². The van der Waals surface area contributed by atoms with Crippen LogP contribution >= 0.6 is 0 Å². The van der Waals surface area contributed by atoms with Gasteiger partial charge in [0.2, 0.25) is 0 Å².